The summed E-state index contributed by atoms with van der Waals surface area (Å²) in [5.74, 6) is -0.623. The van der Waals surface area contributed by atoms with E-state index in [2.05, 4.69) is 0 Å². The average molecular weight is 340 g/mol. The highest BCUT2D eigenvalue weighted by Crippen LogP contribution is 2.62. The first-order valence-corrected chi connectivity index (χ1v) is 10.6. The van der Waals surface area contributed by atoms with Crippen LogP contribution < -0.4 is 0 Å². The second-order valence-electron chi connectivity index (χ2n) is 7.53. The van der Waals surface area contributed by atoms with Gasteiger partial charge >= 0.3 is 12.1 Å². The number of alkyl halides is 3. The summed E-state index contributed by atoms with van der Waals surface area (Å²) in [4.78, 5) is 11.7. The van der Waals surface area contributed by atoms with Gasteiger partial charge in [0.25, 0.3) is 0 Å². The molecule has 1 fully saturated rings. The number of carbonyl (C=O) groups excluding carboxylic acids is 1. The van der Waals surface area contributed by atoms with E-state index in [0.717, 1.165) is 0 Å². The molecule has 1 rings (SSSR count). The van der Waals surface area contributed by atoms with Crippen molar-refractivity contribution in [1.82, 2.24) is 0 Å². The highest BCUT2D eigenvalue weighted by molar-refractivity contribution is 6.74. The van der Waals surface area contributed by atoms with Crippen molar-refractivity contribution in [2.75, 3.05) is 6.61 Å². The van der Waals surface area contributed by atoms with Crippen LogP contribution in [0.5, 0.6) is 0 Å². The number of ether oxygens (including phenoxy) is 1. The normalized spacial score (nSPS) is 19.7. The zero-order valence-corrected chi connectivity index (χ0v) is 15.3. The molecule has 7 heteroatoms. The van der Waals surface area contributed by atoms with Crippen molar-refractivity contribution in [3.63, 3.8) is 0 Å². The molecular weight excluding hydrogens is 313 g/mol. The van der Waals surface area contributed by atoms with E-state index < -0.39 is 32.0 Å². The average Bonchev–Trinajstić information content (AvgIpc) is 3.06. The minimum absolute atomic E-state index is 0.0230. The molecule has 0 saturated heterocycles. The fourth-order valence-corrected chi connectivity index (χ4v) is 3.55. The van der Waals surface area contributed by atoms with Crippen molar-refractivity contribution in [1.29, 1.82) is 0 Å². The molecule has 0 aromatic carbocycles. The van der Waals surface area contributed by atoms with Gasteiger partial charge in [0.2, 0.25) is 0 Å². The predicted octanol–water partition coefficient (Wildman–Crippen LogP) is 4.67. The molecule has 22 heavy (non-hydrogen) atoms. The van der Waals surface area contributed by atoms with Crippen molar-refractivity contribution in [3.05, 3.63) is 0 Å². The van der Waals surface area contributed by atoms with Crippen LogP contribution in [0.2, 0.25) is 18.1 Å². The van der Waals surface area contributed by atoms with Gasteiger partial charge in [0.15, 0.2) is 8.32 Å². The standard InChI is InChI=1S/C15H27F3O3Si/c1-7-20-12(19)10-11(14(8-9-14)15(16,17)18)21-22(5,6)13(2,3)4/h11H,7-10H2,1-6H3. The minimum Gasteiger partial charge on any atom is -0.466 e. The lowest BCUT2D eigenvalue weighted by Crippen LogP contribution is -2.50. The zero-order valence-electron chi connectivity index (χ0n) is 14.3. The molecule has 0 aromatic rings. The summed E-state index contributed by atoms with van der Waals surface area (Å²) in [6.07, 6.45) is -5.79. The number of halogens is 3. The fraction of sp³-hybridized carbons (Fsp3) is 0.933. The van der Waals surface area contributed by atoms with Crippen LogP contribution >= 0.6 is 0 Å². The first-order valence-electron chi connectivity index (χ1n) is 7.67. The molecule has 1 aliphatic rings. The lowest BCUT2D eigenvalue weighted by atomic mass is 9.96. The van der Waals surface area contributed by atoms with Crippen molar-refractivity contribution in [2.45, 2.75) is 77.4 Å². The number of rotatable bonds is 6. The van der Waals surface area contributed by atoms with E-state index in [1.54, 1.807) is 6.92 Å². The highest BCUT2D eigenvalue weighted by atomic mass is 28.4. The number of esters is 1. The van der Waals surface area contributed by atoms with E-state index in [0.29, 0.717) is 0 Å². The van der Waals surface area contributed by atoms with E-state index in [9.17, 15) is 18.0 Å². The Labute approximate surface area is 131 Å². The van der Waals surface area contributed by atoms with Crippen LogP contribution in [0.25, 0.3) is 0 Å². The Bertz CT molecular complexity index is 409. The summed E-state index contributed by atoms with van der Waals surface area (Å²) >= 11 is 0. The number of carbonyl (C=O) groups is 1. The molecule has 0 radical (unpaired) electrons. The Morgan fingerprint density at radius 2 is 1.73 bits per heavy atom. The third-order valence-corrected chi connectivity index (χ3v) is 9.36. The van der Waals surface area contributed by atoms with Crippen LogP contribution in [-0.2, 0) is 14.0 Å². The van der Waals surface area contributed by atoms with Gasteiger partial charge in [0.05, 0.1) is 24.5 Å². The number of hydrogen-bond acceptors (Lipinski definition) is 3. The van der Waals surface area contributed by atoms with Crippen LogP contribution in [0.1, 0.15) is 47.0 Å². The molecule has 1 saturated carbocycles. The molecular formula is C15H27F3O3Si. The summed E-state index contributed by atoms with van der Waals surface area (Å²) < 4.78 is 51.1. The van der Waals surface area contributed by atoms with E-state index >= 15 is 0 Å². The predicted molar refractivity (Wildman–Crippen MR) is 81.0 cm³/mol. The lowest BCUT2D eigenvalue weighted by molar-refractivity contribution is -0.213. The first kappa shape index (κ1) is 19.5. The summed E-state index contributed by atoms with van der Waals surface area (Å²) in [5, 5.41) is -0.221. The largest absolute Gasteiger partial charge is 0.466 e. The first-order chi connectivity index (χ1) is 9.77. The maximum Gasteiger partial charge on any atom is 0.396 e. The molecule has 0 aliphatic heterocycles. The molecule has 130 valence electrons. The number of hydrogen-bond donors (Lipinski definition) is 0. The van der Waals surface area contributed by atoms with Gasteiger partial charge in [-0.25, -0.2) is 0 Å². The second kappa shape index (κ2) is 6.15. The smallest absolute Gasteiger partial charge is 0.396 e. The van der Waals surface area contributed by atoms with E-state index in [1.165, 1.54) is 0 Å². The van der Waals surface area contributed by atoms with Crippen LogP contribution in [0.4, 0.5) is 13.2 Å². The maximum atomic E-state index is 13.4. The van der Waals surface area contributed by atoms with Crippen molar-refractivity contribution >= 4 is 14.3 Å². The Kier molecular flexibility index (Phi) is 5.45. The molecule has 1 unspecified atom stereocenters. The summed E-state index contributed by atoms with van der Waals surface area (Å²) in [6, 6.07) is 0. The lowest BCUT2D eigenvalue weighted by Gasteiger charge is -2.41. The Hall–Kier alpha value is -0.563. The fourth-order valence-electron chi connectivity index (χ4n) is 2.18. The summed E-state index contributed by atoms with van der Waals surface area (Å²) in [7, 11) is -2.41. The van der Waals surface area contributed by atoms with Crippen LogP contribution in [0, 0.1) is 5.41 Å². The van der Waals surface area contributed by atoms with Crippen molar-refractivity contribution in [2.24, 2.45) is 5.41 Å². The van der Waals surface area contributed by atoms with Crippen LogP contribution in [0.3, 0.4) is 0 Å². The van der Waals surface area contributed by atoms with Gasteiger partial charge in [-0.1, -0.05) is 20.8 Å². The van der Waals surface area contributed by atoms with E-state index in [1.807, 2.05) is 33.9 Å². The van der Waals surface area contributed by atoms with Gasteiger partial charge in [-0.05, 0) is 37.9 Å². The van der Waals surface area contributed by atoms with Gasteiger partial charge in [-0.15, -0.1) is 0 Å². The monoisotopic (exact) mass is 340 g/mol. The molecule has 3 nitrogen and oxygen atoms in total. The minimum atomic E-state index is -4.35. The summed E-state index contributed by atoms with van der Waals surface area (Å²) in [6.45, 7) is 11.5. The molecule has 0 spiro atoms. The zero-order chi connectivity index (χ0) is 17.4. The van der Waals surface area contributed by atoms with Gasteiger partial charge in [0, 0.05) is 0 Å². The van der Waals surface area contributed by atoms with Gasteiger partial charge in [-0.2, -0.15) is 13.2 Å². The Balaban J connectivity index is 3.01. The SMILES string of the molecule is CCOC(=O)CC(O[Si](C)(C)C(C)(C)C)C1(C(F)(F)F)CC1. The topological polar surface area (TPSA) is 35.5 Å². The van der Waals surface area contributed by atoms with Gasteiger partial charge in [0.1, 0.15) is 0 Å². The van der Waals surface area contributed by atoms with Gasteiger partial charge < -0.3 is 9.16 Å². The molecule has 0 N–H and O–H groups in total. The van der Waals surface area contributed by atoms with E-state index in [4.69, 9.17) is 9.16 Å². The third kappa shape index (κ3) is 4.04. The van der Waals surface area contributed by atoms with Crippen molar-refractivity contribution in [3.8, 4) is 0 Å². The molecule has 1 aliphatic carbocycles. The van der Waals surface area contributed by atoms with Gasteiger partial charge in [-0.3, -0.25) is 4.79 Å². The van der Waals surface area contributed by atoms with Crippen LogP contribution in [0.15, 0.2) is 0 Å². The Morgan fingerprint density at radius 1 is 1.23 bits per heavy atom. The molecule has 0 heterocycles. The quantitative estimate of drug-likeness (QED) is 0.520. The maximum absolute atomic E-state index is 13.4. The molecule has 0 aromatic heterocycles. The highest BCUT2D eigenvalue weighted by Gasteiger charge is 2.68. The summed E-state index contributed by atoms with van der Waals surface area (Å²) in [5.41, 5.74) is -1.88. The third-order valence-electron chi connectivity index (χ3n) is 4.87. The van der Waals surface area contributed by atoms with Crippen LogP contribution in [-0.4, -0.2) is 33.2 Å². The Morgan fingerprint density at radius 3 is 2.05 bits per heavy atom. The van der Waals surface area contributed by atoms with E-state index in [-0.39, 0.29) is 30.9 Å². The van der Waals surface area contributed by atoms with Crippen molar-refractivity contribution < 1.29 is 27.1 Å². The molecule has 1 atom stereocenters. The molecule has 0 amide bonds. The molecule has 0 bridgehead atoms. The second-order valence-corrected chi connectivity index (χ2v) is 12.3.